The number of piperidine rings is 1. The molecule has 30 heavy (non-hydrogen) atoms. The van der Waals surface area contributed by atoms with E-state index in [4.69, 9.17) is 4.74 Å². The van der Waals surface area contributed by atoms with Crippen LogP contribution >= 0.6 is 0 Å². The Morgan fingerprint density at radius 3 is 1.87 bits per heavy atom. The number of carboxylic acid groups (broad SMARTS) is 1. The largest absolute Gasteiger partial charge is 0.481 e. The minimum atomic E-state index is -0.802. The summed E-state index contributed by atoms with van der Waals surface area (Å²) in [5.74, 6) is -1.26. The zero-order valence-electron chi connectivity index (χ0n) is 18.0. The van der Waals surface area contributed by atoms with Crippen LogP contribution in [0.3, 0.4) is 0 Å². The highest BCUT2D eigenvalue weighted by Gasteiger charge is 2.50. The monoisotopic (exact) mass is 407 g/mol. The number of amides is 1. The maximum atomic E-state index is 13.2. The van der Waals surface area contributed by atoms with Crippen LogP contribution in [0.4, 0.5) is 4.79 Å². The van der Waals surface area contributed by atoms with Crippen molar-refractivity contribution in [2.24, 2.45) is 5.92 Å². The number of nitrogens with zero attached hydrogens (tertiary/aromatic N) is 1. The normalized spacial score (nSPS) is 19.8. The van der Waals surface area contributed by atoms with Crippen molar-refractivity contribution in [2.45, 2.75) is 57.5 Å². The van der Waals surface area contributed by atoms with Crippen molar-refractivity contribution in [1.29, 1.82) is 0 Å². The van der Waals surface area contributed by atoms with Gasteiger partial charge in [-0.05, 0) is 62.8 Å². The first kappa shape index (κ1) is 20.5. The first-order valence-corrected chi connectivity index (χ1v) is 10.5. The lowest BCUT2D eigenvalue weighted by Crippen LogP contribution is -2.63. The summed E-state index contributed by atoms with van der Waals surface area (Å²) in [4.78, 5) is 26.6. The van der Waals surface area contributed by atoms with Gasteiger partial charge in [0.15, 0.2) is 0 Å². The van der Waals surface area contributed by atoms with Crippen LogP contribution in [-0.2, 0) is 9.53 Å². The maximum Gasteiger partial charge on any atom is 0.410 e. The summed E-state index contributed by atoms with van der Waals surface area (Å²) < 4.78 is 5.89. The molecule has 0 spiro atoms. The molecule has 1 aliphatic heterocycles. The Kier molecular flexibility index (Phi) is 4.88. The first-order chi connectivity index (χ1) is 14.1. The van der Waals surface area contributed by atoms with Crippen molar-refractivity contribution in [3.05, 3.63) is 59.7 Å². The number of fused-ring (bicyclic) bond motifs is 3. The quantitative estimate of drug-likeness (QED) is 0.751. The third-order valence-electron chi connectivity index (χ3n) is 6.57. The Bertz CT molecular complexity index is 931. The smallest absolute Gasteiger partial charge is 0.410 e. The van der Waals surface area contributed by atoms with Gasteiger partial charge in [0.05, 0.1) is 5.92 Å². The van der Waals surface area contributed by atoms with Gasteiger partial charge in [0.2, 0.25) is 0 Å². The zero-order chi connectivity index (χ0) is 21.7. The van der Waals surface area contributed by atoms with E-state index in [1.165, 1.54) is 22.3 Å². The summed E-state index contributed by atoms with van der Waals surface area (Å²) in [6.45, 7) is 7.95. The fraction of sp³-hybridized carbons (Fsp3) is 0.440. The Morgan fingerprint density at radius 1 is 0.933 bits per heavy atom. The lowest BCUT2D eigenvalue weighted by atomic mass is 9.74. The van der Waals surface area contributed by atoms with Crippen molar-refractivity contribution < 1.29 is 19.4 Å². The molecule has 1 N–H and O–H groups in total. The van der Waals surface area contributed by atoms with E-state index in [1.54, 1.807) is 4.90 Å². The van der Waals surface area contributed by atoms with E-state index in [9.17, 15) is 14.7 Å². The van der Waals surface area contributed by atoms with Gasteiger partial charge in [0.1, 0.15) is 6.61 Å². The van der Waals surface area contributed by atoms with Gasteiger partial charge >= 0.3 is 12.1 Å². The number of likely N-dealkylation sites (tertiary alicyclic amines) is 1. The molecular weight excluding hydrogens is 378 g/mol. The van der Waals surface area contributed by atoms with Crippen LogP contribution in [0.1, 0.15) is 57.6 Å². The number of ether oxygens (including phenoxy) is 1. The van der Waals surface area contributed by atoms with Crippen molar-refractivity contribution in [2.75, 3.05) is 6.61 Å². The summed E-state index contributed by atoms with van der Waals surface area (Å²) in [6.07, 6.45) is 0.446. The fourth-order valence-electron chi connectivity index (χ4n) is 5.61. The van der Waals surface area contributed by atoms with Gasteiger partial charge in [-0.3, -0.25) is 9.69 Å². The molecule has 0 saturated carbocycles. The molecule has 1 heterocycles. The number of hydrogen-bond donors (Lipinski definition) is 1. The number of benzene rings is 2. The van der Waals surface area contributed by atoms with Gasteiger partial charge in [-0.2, -0.15) is 0 Å². The van der Waals surface area contributed by atoms with Gasteiger partial charge in [0.25, 0.3) is 0 Å². The Hall–Kier alpha value is -2.82. The van der Waals surface area contributed by atoms with Gasteiger partial charge < -0.3 is 9.84 Å². The minimum absolute atomic E-state index is 0.00383. The van der Waals surface area contributed by atoms with E-state index in [2.05, 4.69) is 24.3 Å². The van der Waals surface area contributed by atoms with Crippen molar-refractivity contribution in [1.82, 2.24) is 4.90 Å². The average molecular weight is 408 g/mol. The molecule has 5 heteroatoms. The molecule has 0 bridgehead atoms. The Labute approximate surface area is 177 Å². The second-order valence-corrected chi connectivity index (χ2v) is 9.71. The molecule has 2 aromatic carbocycles. The number of hydrogen-bond acceptors (Lipinski definition) is 3. The average Bonchev–Trinajstić information content (AvgIpc) is 2.98. The molecule has 0 aromatic heterocycles. The maximum absolute atomic E-state index is 13.2. The van der Waals surface area contributed by atoms with Crippen molar-refractivity contribution in [3.63, 3.8) is 0 Å². The topological polar surface area (TPSA) is 66.8 Å². The summed E-state index contributed by atoms with van der Waals surface area (Å²) >= 11 is 0. The molecule has 0 unspecified atom stereocenters. The molecule has 1 amide bonds. The third kappa shape index (κ3) is 3.36. The molecule has 5 nitrogen and oxygen atoms in total. The van der Waals surface area contributed by atoms with Crippen molar-refractivity contribution in [3.8, 4) is 11.1 Å². The minimum Gasteiger partial charge on any atom is -0.481 e. The number of aliphatic carboxylic acids is 1. The third-order valence-corrected chi connectivity index (χ3v) is 6.57. The second kappa shape index (κ2) is 7.15. The standard InChI is InChI=1S/C25H29NO4/c1-24(2)13-16(22(27)28)14-25(3,4)26(24)23(29)30-15-21-19-11-7-5-9-17(19)18-10-6-8-12-20(18)21/h5-12,16,21H,13-15H2,1-4H3,(H,27,28). The fourth-order valence-corrected chi connectivity index (χ4v) is 5.61. The van der Waals surface area contributed by atoms with Gasteiger partial charge in [-0.1, -0.05) is 48.5 Å². The van der Waals surface area contributed by atoms with E-state index >= 15 is 0 Å². The van der Waals surface area contributed by atoms with Crippen LogP contribution in [0.25, 0.3) is 11.1 Å². The molecule has 1 fully saturated rings. The number of carboxylic acids is 1. The summed E-state index contributed by atoms with van der Waals surface area (Å²) in [7, 11) is 0. The van der Waals surface area contributed by atoms with Gasteiger partial charge in [0, 0.05) is 17.0 Å². The van der Waals surface area contributed by atoms with Crippen molar-refractivity contribution >= 4 is 12.1 Å². The molecular formula is C25H29NO4. The van der Waals surface area contributed by atoms with E-state index in [1.807, 2.05) is 52.0 Å². The summed E-state index contributed by atoms with van der Waals surface area (Å²) in [5, 5.41) is 9.53. The second-order valence-electron chi connectivity index (χ2n) is 9.71. The zero-order valence-corrected chi connectivity index (χ0v) is 18.0. The van der Waals surface area contributed by atoms with Gasteiger partial charge in [-0.25, -0.2) is 4.79 Å². The van der Waals surface area contributed by atoms with Crippen LogP contribution in [0.5, 0.6) is 0 Å². The van der Waals surface area contributed by atoms with Gasteiger partial charge in [-0.15, -0.1) is 0 Å². The van der Waals surface area contributed by atoms with E-state index in [0.717, 1.165) is 0 Å². The molecule has 2 aliphatic rings. The molecule has 1 aliphatic carbocycles. The van der Waals surface area contributed by atoms with Crippen LogP contribution < -0.4 is 0 Å². The first-order valence-electron chi connectivity index (χ1n) is 10.5. The van der Waals surface area contributed by atoms with E-state index in [-0.39, 0.29) is 18.6 Å². The van der Waals surface area contributed by atoms with Crippen LogP contribution in [0.15, 0.2) is 48.5 Å². The van der Waals surface area contributed by atoms with Crippen LogP contribution in [0.2, 0.25) is 0 Å². The SMILES string of the molecule is CC1(C)CC(C(=O)O)CC(C)(C)N1C(=O)OCC1c2ccccc2-c2ccccc21. The number of rotatable bonds is 3. The Morgan fingerprint density at radius 2 is 1.40 bits per heavy atom. The lowest BCUT2D eigenvalue weighted by Gasteiger charge is -2.53. The molecule has 0 atom stereocenters. The van der Waals surface area contributed by atoms with Crippen LogP contribution in [-0.4, -0.2) is 39.8 Å². The highest BCUT2D eigenvalue weighted by Crippen LogP contribution is 2.45. The molecule has 2 aromatic rings. The summed E-state index contributed by atoms with van der Waals surface area (Å²) in [6, 6.07) is 16.5. The number of carbonyl (C=O) groups is 2. The predicted octanol–water partition coefficient (Wildman–Crippen LogP) is 5.29. The highest BCUT2D eigenvalue weighted by molar-refractivity contribution is 5.79. The van der Waals surface area contributed by atoms with E-state index in [0.29, 0.717) is 12.8 Å². The number of carbonyl (C=O) groups excluding carboxylic acids is 1. The molecule has 4 rings (SSSR count). The summed E-state index contributed by atoms with van der Waals surface area (Å²) in [5.41, 5.74) is 3.53. The predicted molar refractivity (Wildman–Crippen MR) is 115 cm³/mol. The van der Waals surface area contributed by atoms with Crippen LogP contribution in [0, 0.1) is 5.92 Å². The van der Waals surface area contributed by atoms with E-state index < -0.39 is 23.0 Å². The molecule has 1 saturated heterocycles. The Balaban J connectivity index is 1.56. The molecule has 0 radical (unpaired) electrons. The molecule has 158 valence electrons. The highest BCUT2D eigenvalue weighted by atomic mass is 16.6. The lowest BCUT2D eigenvalue weighted by molar-refractivity contribution is -0.149.